The largest absolute Gasteiger partial charge is 0.366 e. The number of aromatic nitrogens is 1. The Bertz CT molecular complexity index is 702. The molecule has 1 amide bonds. The Labute approximate surface area is 178 Å². The van der Waals surface area contributed by atoms with Crippen molar-refractivity contribution in [2.75, 3.05) is 37.6 Å². The first-order valence-electron chi connectivity index (χ1n) is 9.67. The summed E-state index contributed by atoms with van der Waals surface area (Å²) in [5.74, 6) is 0.922. The van der Waals surface area contributed by atoms with Gasteiger partial charge in [0.1, 0.15) is 5.54 Å². The van der Waals surface area contributed by atoms with Crippen molar-refractivity contribution in [2.24, 2.45) is 0 Å². The molecule has 156 valence electrons. The molecule has 1 saturated heterocycles. The summed E-state index contributed by atoms with van der Waals surface area (Å²) in [6.07, 6.45) is 4.16. The van der Waals surface area contributed by atoms with Gasteiger partial charge in [-0.2, -0.15) is 0 Å². The number of carbonyl (C=O) groups is 1. The minimum atomic E-state index is -0.331. The number of pyridine rings is 1. The number of nitrogens with one attached hydrogen (secondary N) is 1. The zero-order valence-electron chi connectivity index (χ0n) is 17.7. The normalized spacial score (nSPS) is 17.0. The fraction of sp³-hybridized carbons (Fsp3) is 0.650. The molecule has 0 aliphatic carbocycles. The van der Waals surface area contributed by atoms with Crippen LogP contribution in [0.1, 0.15) is 41.5 Å². The van der Waals surface area contributed by atoms with Gasteiger partial charge in [0.2, 0.25) is 0 Å². The van der Waals surface area contributed by atoms with E-state index in [1.165, 1.54) is 0 Å². The third-order valence-corrected chi connectivity index (χ3v) is 5.60. The molecule has 1 aliphatic heterocycles. The van der Waals surface area contributed by atoms with Crippen LogP contribution in [-0.4, -0.2) is 70.8 Å². The number of piperazine rings is 1. The van der Waals surface area contributed by atoms with E-state index in [1.54, 1.807) is 17.3 Å². The lowest BCUT2D eigenvalue weighted by Crippen LogP contribution is -2.90. The van der Waals surface area contributed by atoms with Gasteiger partial charge in [0, 0.05) is 38.6 Å². The second kappa shape index (κ2) is 8.97. The van der Waals surface area contributed by atoms with Gasteiger partial charge in [-0.3, -0.25) is 19.7 Å². The molecule has 0 atom stereocenters. The molecule has 1 aliphatic rings. The van der Waals surface area contributed by atoms with Gasteiger partial charge in [-0.05, 0) is 41.5 Å². The quantitative estimate of drug-likeness (QED) is 0.442. The van der Waals surface area contributed by atoms with Crippen LogP contribution in [0.15, 0.2) is 12.4 Å². The summed E-state index contributed by atoms with van der Waals surface area (Å²) in [5.41, 5.74) is 0.362. The highest BCUT2D eigenvalue weighted by atomic mass is 35.5. The van der Waals surface area contributed by atoms with Crippen LogP contribution in [-0.2, 0) is 4.79 Å². The third kappa shape index (κ3) is 5.16. The fourth-order valence-corrected chi connectivity index (χ4v) is 4.17. The average Bonchev–Trinajstić information content (AvgIpc) is 2.61. The first-order chi connectivity index (χ1) is 13.0. The molecule has 1 aromatic rings. The second-order valence-corrected chi connectivity index (χ2v) is 9.41. The smallest absolute Gasteiger partial charge is 0.297 e. The number of hydrogen-bond acceptors (Lipinski definition) is 4. The molecule has 0 unspecified atom stereocenters. The number of hydrogen-bond donors (Lipinski definition) is 1. The minimum Gasteiger partial charge on any atom is -0.366 e. The molecule has 1 N–H and O–H groups in total. The topological polar surface area (TPSA) is 53.7 Å². The van der Waals surface area contributed by atoms with Gasteiger partial charge < -0.3 is 4.90 Å². The summed E-state index contributed by atoms with van der Waals surface area (Å²) < 4.78 is 0. The van der Waals surface area contributed by atoms with Gasteiger partial charge in [0.25, 0.3) is 12.2 Å². The number of amides is 1. The lowest BCUT2D eigenvalue weighted by molar-refractivity contribution is -0.546. The predicted octanol–water partition coefficient (Wildman–Crippen LogP) is 2.04. The fourth-order valence-electron chi connectivity index (χ4n) is 3.56. The van der Waals surface area contributed by atoms with Gasteiger partial charge in [0.15, 0.2) is 0 Å². The summed E-state index contributed by atoms with van der Waals surface area (Å²) in [5, 5.41) is 1.14. The summed E-state index contributed by atoms with van der Waals surface area (Å²) in [7, 11) is 0. The van der Waals surface area contributed by atoms with Crippen molar-refractivity contribution < 1.29 is 9.79 Å². The number of carbonyl (C=O) groups excluding carboxylic acids is 1. The Morgan fingerprint density at radius 3 is 2.11 bits per heavy atom. The zero-order valence-corrected chi connectivity index (χ0v) is 19.2. The van der Waals surface area contributed by atoms with E-state index >= 15 is 0 Å². The maximum atomic E-state index is 11.7. The first-order valence-corrected chi connectivity index (χ1v) is 10.4. The van der Waals surface area contributed by atoms with Crippen LogP contribution in [0.25, 0.3) is 0 Å². The van der Waals surface area contributed by atoms with Crippen LogP contribution in [0.4, 0.5) is 5.69 Å². The molecule has 0 radical (unpaired) electrons. The van der Waals surface area contributed by atoms with E-state index in [0.717, 1.165) is 44.1 Å². The van der Waals surface area contributed by atoms with Crippen LogP contribution in [0, 0.1) is 0 Å². The summed E-state index contributed by atoms with van der Waals surface area (Å²) in [4.78, 5) is 25.7. The van der Waals surface area contributed by atoms with E-state index in [0.29, 0.717) is 16.6 Å². The number of nitrogens with zero attached hydrogens (tertiary/aromatic N) is 4. The lowest BCUT2D eigenvalue weighted by Gasteiger charge is -2.44. The van der Waals surface area contributed by atoms with Crippen molar-refractivity contribution in [1.82, 2.24) is 14.8 Å². The highest BCUT2D eigenvalue weighted by Gasteiger charge is 2.43. The van der Waals surface area contributed by atoms with Gasteiger partial charge in [-0.1, -0.05) is 23.2 Å². The third-order valence-electron chi connectivity index (χ3n) is 5.04. The Morgan fingerprint density at radius 2 is 1.68 bits per heavy atom. The molecule has 1 aromatic heterocycles. The maximum Gasteiger partial charge on any atom is 0.297 e. The number of halogens is 2. The van der Waals surface area contributed by atoms with Crippen molar-refractivity contribution in [3.8, 4) is 0 Å². The summed E-state index contributed by atoms with van der Waals surface area (Å²) in [6.45, 7) is 16.5. The van der Waals surface area contributed by atoms with Crippen molar-refractivity contribution in [3.63, 3.8) is 0 Å². The standard InChI is InChI=1S/C20H31Cl2N5O/c1-7-25(14-28)18(24-19(2,3)4)20(5,6)27-10-8-26(9-11-27)17-15(21)12-23-13-16(17)22/h12-14H,7-11H2,1-6H3/p+1. The minimum absolute atomic E-state index is 0.150. The Hall–Kier alpha value is -1.37. The molecule has 0 spiro atoms. The molecule has 2 rings (SSSR count). The van der Waals surface area contributed by atoms with E-state index in [4.69, 9.17) is 23.2 Å². The van der Waals surface area contributed by atoms with Gasteiger partial charge in [-0.25, -0.2) is 4.90 Å². The molecule has 0 bridgehead atoms. The molecule has 2 heterocycles. The number of anilines is 1. The average molecular weight is 429 g/mol. The Kier molecular flexibility index (Phi) is 7.34. The molecule has 8 heteroatoms. The van der Waals surface area contributed by atoms with Crippen LogP contribution < -0.4 is 9.89 Å². The number of amidine groups is 1. The Morgan fingerprint density at radius 1 is 1.14 bits per heavy atom. The van der Waals surface area contributed by atoms with Gasteiger partial charge in [-0.15, -0.1) is 0 Å². The molecular formula is C20H32Cl2N5O+. The molecule has 6 nitrogen and oxygen atoms in total. The van der Waals surface area contributed by atoms with Crippen LogP contribution in [0.2, 0.25) is 10.0 Å². The summed E-state index contributed by atoms with van der Waals surface area (Å²) >= 11 is 12.7. The molecule has 0 aromatic carbocycles. The highest BCUT2D eigenvalue weighted by Crippen LogP contribution is 2.33. The van der Waals surface area contributed by atoms with Crippen LogP contribution in [0.5, 0.6) is 0 Å². The second-order valence-electron chi connectivity index (χ2n) is 8.60. The number of rotatable bonds is 5. The maximum absolute atomic E-state index is 11.7. The first kappa shape index (κ1) is 22.9. The van der Waals surface area contributed by atoms with Gasteiger partial charge in [0.05, 0.1) is 27.8 Å². The highest BCUT2D eigenvalue weighted by molar-refractivity contribution is 6.38. The van der Waals surface area contributed by atoms with Crippen molar-refractivity contribution in [3.05, 3.63) is 22.4 Å². The summed E-state index contributed by atoms with van der Waals surface area (Å²) in [6, 6.07) is 0. The monoisotopic (exact) mass is 428 g/mol. The van der Waals surface area contributed by atoms with E-state index in [-0.39, 0.29) is 11.1 Å². The van der Waals surface area contributed by atoms with E-state index in [9.17, 15) is 4.79 Å². The van der Waals surface area contributed by atoms with Gasteiger partial charge >= 0.3 is 0 Å². The van der Waals surface area contributed by atoms with Crippen molar-refractivity contribution >= 4 is 41.1 Å². The SMILES string of the molecule is CCN(C=O)C(=[NH+]C(C)(C)C)C(C)(C)N1CCN(c2c(Cl)cncc2Cl)CC1. The van der Waals surface area contributed by atoms with Crippen LogP contribution >= 0.6 is 23.2 Å². The van der Waals surface area contributed by atoms with E-state index in [1.807, 2.05) is 6.92 Å². The van der Waals surface area contributed by atoms with E-state index < -0.39 is 0 Å². The lowest BCUT2D eigenvalue weighted by atomic mass is 9.97. The van der Waals surface area contributed by atoms with Crippen LogP contribution in [0.3, 0.4) is 0 Å². The predicted molar refractivity (Wildman–Crippen MR) is 116 cm³/mol. The molecular weight excluding hydrogens is 397 g/mol. The van der Waals surface area contributed by atoms with Crippen molar-refractivity contribution in [1.29, 1.82) is 0 Å². The zero-order chi connectivity index (χ0) is 21.1. The van der Waals surface area contributed by atoms with Crippen molar-refractivity contribution in [2.45, 2.75) is 52.6 Å². The molecule has 1 fully saturated rings. The Balaban J connectivity index is 2.25. The molecule has 0 saturated carbocycles. The van der Waals surface area contributed by atoms with E-state index in [2.05, 4.69) is 54.4 Å². The number of likely N-dealkylation sites (N-methyl/N-ethyl adjacent to an activating group) is 1. The molecule has 28 heavy (non-hydrogen) atoms.